The fraction of sp³-hybridized carbons (Fsp3) is 0.0526. The molecule has 0 bridgehead atoms. The number of nitrogens with two attached hydrogens (primary N) is 1. The number of aromatic nitrogens is 2. The Kier molecular flexibility index (Phi) is 6.15. The van der Waals surface area contributed by atoms with Gasteiger partial charge in [-0.05, 0) is 24.3 Å². The second-order valence-electron chi connectivity index (χ2n) is 5.73. The number of hydrogen-bond acceptors (Lipinski definition) is 7. The van der Waals surface area contributed by atoms with E-state index in [1.165, 1.54) is 11.8 Å². The first-order valence-corrected chi connectivity index (χ1v) is 9.16. The van der Waals surface area contributed by atoms with Gasteiger partial charge in [-0.1, -0.05) is 42.1 Å². The van der Waals surface area contributed by atoms with Crippen LogP contribution < -0.4 is 22.3 Å². The molecule has 0 saturated carbocycles. The summed E-state index contributed by atoms with van der Waals surface area (Å²) in [5.74, 6) is -1.68. The molecule has 2 aromatic carbocycles. The molecule has 0 fully saturated rings. The van der Waals surface area contributed by atoms with E-state index in [1.807, 2.05) is 47.4 Å². The van der Waals surface area contributed by atoms with Gasteiger partial charge in [-0.15, -0.1) is 0 Å². The maximum absolute atomic E-state index is 12.2. The quantitative estimate of drug-likeness (QED) is 0.450. The van der Waals surface area contributed by atoms with Crippen LogP contribution in [0.15, 0.2) is 74.0 Å². The Labute approximate surface area is 168 Å². The zero-order valence-electron chi connectivity index (χ0n) is 14.9. The maximum Gasteiger partial charge on any atom is 0.357 e. The summed E-state index contributed by atoms with van der Waals surface area (Å²) >= 11 is 1.47. The second kappa shape index (κ2) is 8.93. The van der Waals surface area contributed by atoms with E-state index in [1.54, 1.807) is 12.1 Å². The van der Waals surface area contributed by atoms with Gasteiger partial charge in [0.2, 0.25) is 0 Å². The monoisotopic (exact) mass is 412 g/mol. The van der Waals surface area contributed by atoms with Crippen molar-refractivity contribution in [2.75, 3.05) is 17.7 Å². The smallest absolute Gasteiger partial charge is 0.357 e. The van der Waals surface area contributed by atoms with Gasteiger partial charge in [-0.25, -0.2) is 9.59 Å². The van der Waals surface area contributed by atoms with Crippen molar-refractivity contribution in [2.24, 2.45) is 0 Å². The lowest BCUT2D eigenvalue weighted by atomic mass is 10.3. The van der Waals surface area contributed by atoms with Gasteiger partial charge >= 0.3 is 11.7 Å². The van der Waals surface area contributed by atoms with Crippen LogP contribution >= 0.6 is 11.8 Å². The highest BCUT2D eigenvalue weighted by molar-refractivity contribution is 7.99. The van der Waals surface area contributed by atoms with E-state index in [0.29, 0.717) is 5.69 Å². The van der Waals surface area contributed by atoms with Crippen molar-refractivity contribution < 1.29 is 14.3 Å². The number of hydrogen-bond donors (Lipinski definition) is 4. The highest BCUT2D eigenvalue weighted by Gasteiger charge is 2.17. The molecular formula is C19H16N4O5S. The lowest BCUT2D eigenvalue weighted by molar-refractivity contribution is -0.119. The predicted octanol–water partition coefficient (Wildman–Crippen LogP) is 1.59. The highest BCUT2D eigenvalue weighted by Crippen LogP contribution is 2.33. The summed E-state index contributed by atoms with van der Waals surface area (Å²) in [7, 11) is 0. The Morgan fingerprint density at radius 3 is 2.45 bits per heavy atom. The standard InChI is InChI=1S/C19H16N4O5S/c20-15-16(22-19(27)23-17(15)25)18(26)28-10-14(24)21-12-8-4-5-9-13(12)29-11-6-2-1-3-7-11/h1-9H,10,20H2,(H,21,24)(H2,22,23,25,27). The number of carbonyl (C=O) groups is 2. The molecule has 3 aromatic rings. The summed E-state index contributed by atoms with van der Waals surface area (Å²) in [6.45, 7) is -0.628. The first-order chi connectivity index (χ1) is 13.9. The summed E-state index contributed by atoms with van der Waals surface area (Å²) in [5, 5.41) is 2.67. The Balaban J connectivity index is 1.65. The lowest BCUT2D eigenvalue weighted by Gasteiger charge is -2.11. The number of nitrogens with one attached hydrogen (secondary N) is 3. The first-order valence-electron chi connectivity index (χ1n) is 8.35. The molecule has 0 aliphatic heterocycles. The topological polar surface area (TPSA) is 147 Å². The van der Waals surface area contributed by atoms with E-state index in [9.17, 15) is 19.2 Å². The number of esters is 1. The summed E-state index contributed by atoms with van der Waals surface area (Å²) in [5.41, 5.74) is 3.17. The summed E-state index contributed by atoms with van der Waals surface area (Å²) in [6.07, 6.45) is 0. The van der Waals surface area contributed by atoms with E-state index < -0.39 is 41.1 Å². The fourth-order valence-electron chi connectivity index (χ4n) is 2.32. The van der Waals surface area contributed by atoms with E-state index in [-0.39, 0.29) is 0 Å². The van der Waals surface area contributed by atoms with Crippen molar-refractivity contribution in [3.05, 3.63) is 81.1 Å². The third kappa shape index (κ3) is 5.14. The van der Waals surface area contributed by atoms with Crippen LogP contribution in [0.5, 0.6) is 0 Å². The molecule has 0 aliphatic rings. The number of para-hydroxylation sites is 1. The van der Waals surface area contributed by atoms with Crippen LogP contribution in [0.1, 0.15) is 10.5 Å². The largest absolute Gasteiger partial charge is 0.451 e. The molecule has 0 radical (unpaired) electrons. The normalized spacial score (nSPS) is 10.3. The molecule has 0 spiro atoms. The van der Waals surface area contributed by atoms with Gasteiger partial charge in [-0.3, -0.25) is 19.6 Å². The molecule has 9 nitrogen and oxygen atoms in total. The van der Waals surface area contributed by atoms with Crippen LogP contribution in [-0.2, 0) is 9.53 Å². The molecule has 3 rings (SSSR count). The van der Waals surface area contributed by atoms with Gasteiger partial charge in [0.15, 0.2) is 12.3 Å². The molecule has 0 saturated heterocycles. The van der Waals surface area contributed by atoms with E-state index in [0.717, 1.165) is 9.79 Å². The maximum atomic E-state index is 12.2. The number of aromatic amines is 2. The fourth-order valence-corrected chi connectivity index (χ4v) is 3.24. The van der Waals surface area contributed by atoms with Crippen molar-refractivity contribution in [1.82, 2.24) is 9.97 Å². The van der Waals surface area contributed by atoms with Crippen LogP contribution in [-0.4, -0.2) is 28.5 Å². The molecule has 10 heteroatoms. The summed E-state index contributed by atoms with van der Waals surface area (Å²) in [6, 6.07) is 16.8. The van der Waals surface area contributed by atoms with Crippen LogP contribution in [0.3, 0.4) is 0 Å². The molecule has 29 heavy (non-hydrogen) atoms. The number of benzene rings is 2. The molecule has 1 aromatic heterocycles. The molecule has 148 valence electrons. The van der Waals surface area contributed by atoms with E-state index in [2.05, 4.69) is 10.3 Å². The Bertz CT molecular complexity index is 1160. The van der Waals surface area contributed by atoms with Crippen LogP contribution in [0.25, 0.3) is 0 Å². The average molecular weight is 412 g/mol. The van der Waals surface area contributed by atoms with E-state index in [4.69, 9.17) is 10.5 Å². The Morgan fingerprint density at radius 2 is 1.69 bits per heavy atom. The molecule has 1 heterocycles. The number of nitrogen functional groups attached to an aromatic ring is 1. The molecule has 1 amide bonds. The Hall–Kier alpha value is -3.79. The first kappa shape index (κ1) is 20.0. The molecule has 5 N–H and O–H groups in total. The molecule has 0 aliphatic carbocycles. The number of ether oxygens (including phenoxy) is 1. The molecule has 0 atom stereocenters. The van der Waals surface area contributed by atoms with Gasteiger partial charge in [0.05, 0.1) is 5.69 Å². The number of amides is 1. The minimum atomic E-state index is -1.09. The van der Waals surface area contributed by atoms with Gasteiger partial charge in [0.1, 0.15) is 5.69 Å². The van der Waals surface area contributed by atoms with Gasteiger partial charge in [-0.2, -0.15) is 0 Å². The zero-order valence-corrected chi connectivity index (χ0v) is 15.7. The average Bonchev–Trinajstić information content (AvgIpc) is 2.71. The number of carbonyl (C=O) groups excluding carboxylic acids is 2. The van der Waals surface area contributed by atoms with Gasteiger partial charge < -0.3 is 15.8 Å². The van der Waals surface area contributed by atoms with Crippen molar-refractivity contribution in [1.29, 1.82) is 0 Å². The van der Waals surface area contributed by atoms with Crippen molar-refractivity contribution in [3.63, 3.8) is 0 Å². The summed E-state index contributed by atoms with van der Waals surface area (Å²) < 4.78 is 4.85. The van der Waals surface area contributed by atoms with Crippen LogP contribution in [0, 0.1) is 0 Å². The number of anilines is 2. The van der Waals surface area contributed by atoms with E-state index >= 15 is 0 Å². The molecular weight excluding hydrogens is 396 g/mol. The van der Waals surface area contributed by atoms with Gasteiger partial charge in [0.25, 0.3) is 11.5 Å². The van der Waals surface area contributed by atoms with Crippen molar-refractivity contribution >= 4 is 35.0 Å². The lowest BCUT2D eigenvalue weighted by Crippen LogP contribution is -2.30. The highest BCUT2D eigenvalue weighted by atomic mass is 32.2. The third-order valence-corrected chi connectivity index (χ3v) is 4.73. The second-order valence-corrected chi connectivity index (χ2v) is 6.85. The predicted molar refractivity (Wildman–Crippen MR) is 108 cm³/mol. The number of rotatable bonds is 6. The Morgan fingerprint density at radius 1 is 1.00 bits per heavy atom. The van der Waals surface area contributed by atoms with Gasteiger partial charge in [0, 0.05) is 9.79 Å². The minimum Gasteiger partial charge on any atom is -0.451 e. The third-order valence-electron chi connectivity index (χ3n) is 3.65. The molecule has 0 unspecified atom stereocenters. The minimum absolute atomic E-state index is 0.500. The van der Waals surface area contributed by atoms with Crippen LogP contribution in [0.4, 0.5) is 11.4 Å². The zero-order chi connectivity index (χ0) is 20.8. The summed E-state index contributed by atoms with van der Waals surface area (Å²) in [4.78, 5) is 52.7. The SMILES string of the molecule is Nc1c(C(=O)OCC(=O)Nc2ccccc2Sc2ccccc2)[nH]c(=O)[nH]c1=O. The van der Waals surface area contributed by atoms with Crippen LogP contribution in [0.2, 0.25) is 0 Å². The van der Waals surface area contributed by atoms with Crippen molar-refractivity contribution in [2.45, 2.75) is 9.79 Å². The number of H-pyrrole nitrogens is 2. The van der Waals surface area contributed by atoms with Crippen molar-refractivity contribution in [3.8, 4) is 0 Å².